The van der Waals surface area contributed by atoms with Crippen LogP contribution in [0, 0.1) is 6.92 Å². The molecule has 3 aromatic rings. The van der Waals surface area contributed by atoms with Gasteiger partial charge in [-0.25, -0.2) is 13.6 Å². The lowest BCUT2D eigenvalue weighted by atomic mass is 10.00. The number of carbonyl (C=O) groups excluding carboxylic acids is 1. The molecule has 0 unspecified atom stereocenters. The molecule has 11 heteroatoms. The van der Waals surface area contributed by atoms with Crippen molar-refractivity contribution in [3.05, 3.63) is 87.2 Å². The zero-order chi connectivity index (χ0) is 26.1. The number of alkyl halides is 5. The summed E-state index contributed by atoms with van der Waals surface area (Å²) in [4.78, 5) is 24.3. The SMILES string of the molecule is Cc1cc([C@H](C)NC(=O)c2c(Cc3cccc(C(F)(F)F)c3)nn(C)c2C(F)F)ccc1C(=O)O. The largest absolute Gasteiger partial charge is 0.478 e. The van der Waals surface area contributed by atoms with Gasteiger partial charge in [-0.15, -0.1) is 0 Å². The summed E-state index contributed by atoms with van der Waals surface area (Å²) in [6.45, 7) is 3.18. The zero-order valence-electron chi connectivity index (χ0n) is 19.0. The van der Waals surface area contributed by atoms with E-state index < -0.39 is 47.3 Å². The van der Waals surface area contributed by atoms with Crippen molar-refractivity contribution in [2.75, 3.05) is 0 Å². The number of aromatic carboxylic acids is 1. The number of nitrogens with one attached hydrogen (secondary N) is 1. The molecular formula is C24H22F5N3O3. The Morgan fingerprint density at radius 2 is 1.83 bits per heavy atom. The number of halogens is 5. The minimum atomic E-state index is -4.59. The highest BCUT2D eigenvalue weighted by molar-refractivity contribution is 5.97. The van der Waals surface area contributed by atoms with Crippen LogP contribution in [-0.4, -0.2) is 26.8 Å². The van der Waals surface area contributed by atoms with Crippen molar-refractivity contribution in [3.8, 4) is 0 Å². The van der Waals surface area contributed by atoms with Gasteiger partial charge in [0.15, 0.2) is 0 Å². The Balaban J connectivity index is 1.94. The highest BCUT2D eigenvalue weighted by Gasteiger charge is 2.32. The van der Waals surface area contributed by atoms with Crippen LogP contribution in [0.1, 0.15) is 73.7 Å². The molecule has 1 heterocycles. The molecule has 0 spiro atoms. The van der Waals surface area contributed by atoms with E-state index in [9.17, 15) is 36.6 Å². The van der Waals surface area contributed by atoms with Crippen LogP contribution in [-0.2, 0) is 19.6 Å². The fraction of sp³-hybridized carbons (Fsp3) is 0.292. The third kappa shape index (κ3) is 5.67. The van der Waals surface area contributed by atoms with Gasteiger partial charge in [-0.05, 0) is 42.7 Å². The maximum absolute atomic E-state index is 13.8. The summed E-state index contributed by atoms with van der Waals surface area (Å²) in [6.07, 6.45) is -7.91. The molecule has 1 amide bonds. The molecule has 0 aliphatic carbocycles. The molecule has 3 rings (SSSR count). The van der Waals surface area contributed by atoms with E-state index in [4.69, 9.17) is 0 Å². The number of carboxylic acid groups (broad SMARTS) is 1. The molecular weight excluding hydrogens is 473 g/mol. The fourth-order valence-corrected chi connectivity index (χ4v) is 3.82. The van der Waals surface area contributed by atoms with E-state index in [0.717, 1.165) is 16.8 Å². The Bertz CT molecular complexity index is 1270. The topological polar surface area (TPSA) is 84.2 Å². The van der Waals surface area contributed by atoms with Crippen molar-refractivity contribution in [1.82, 2.24) is 15.1 Å². The molecule has 0 aliphatic heterocycles. The number of aryl methyl sites for hydroxylation is 2. The number of hydrogen-bond acceptors (Lipinski definition) is 3. The Hall–Kier alpha value is -3.76. The van der Waals surface area contributed by atoms with Crippen molar-refractivity contribution >= 4 is 11.9 Å². The molecule has 2 aromatic carbocycles. The van der Waals surface area contributed by atoms with Gasteiger partial charge in [0.2, 0.25) is 0 Å². The standard InChI is InChI=1S/C24H22F5N3O3/c1-12-9-15(7-8-17(12)23(34)35)13(2)30-22(33)19-18(31-32(3)20(19)21(25)26)11-14-5-4-6-16(10-14)24(27,28)29/h4-10,13,21H,11H2,1-3H3,(H,30,33)(H,34,35)/t13-/m0/s1. The smallest absolute Gasteiger partial charge is 0.416 e. The number of carbonyl (C=O) groups is 2. The van der Waals surface area contributed by atoms with Gasteiger partial charge < -0.3 is 10.4 Å². The minimum absolute atomic E-state index is 0.0860. The summed E-state index contributed by atoms with van der Waals surface area (Å²) < 4.78 is 67.7. The van der Waals surface area contributed by atoms with Gasteiger partial charge >= 0.3 is 12.1 Å². The third-order valence-corrected chi connectivity index (χ3v) is 5.55. The van der Waals surface area contributed by atoms with Gasteiger partial charge in [-0.3, -0.25) is 9.48 Å². The number of hydrogen-bond donors (Lipinski definition) is 2. The van der Waals surface area contributed by atoms with Crippen LogP contribution in [0.15, 0.2) is 42.5 Å². The molecule has 2 N–H and O–H groups in total. The van der Waals surface area contributed by atoms with Crippen molar-refractivity contribution < 1.29 is 36.6 Å². The lowest BCUT2D eigenvalue weighted by Crippen LogP contribution is -2.28. The fourth-order valence-electron chi connectivity index (χ4n) is 3.82. The molecule has 1 aromatic heterocycles. The molecule has 1 atom stereocenters. The van der Waals surface area contributed by atoms with Gasteiger partial charge in [0.05, 0.1) is 28.4 Å². The monoisotopic (exact) mass is 495 g/mol. The number of carboxylic acids is 1. The van der Waals surface area contributed by atoms with Crippen LogP contribution in [0.2, 0.25) is 0 Å². The molecule has 0 aliphatic rings. The van der Waals surface area contributed by atoms with E-state index in [-0.39, 0.29) is 23.2 Å². The predicted molar refractivity (Wildman–Crippen MR) is 116 cm³/mol. The summed E-state index contributed by atoms with van der Waals surface area (Å²) in [7, 11) is 1.23. The van der Waals surface area contributed by atoms with Gasteiger partial charge in [-0.2, -0.15) is 18.3 Å². The summed E-state index contributed by atoms with van der Waals surface area (Å²) in [6, 6.07) is 8.12. The molecule has 186 valence electrons. The first-order valence-corrected chi connectivity index (χ1v) is 10.4. The number of aromatic nitrogens is 2. The van der Waals surface area contributed by atoms with Crippen molar-refractivity contribution in [2.24, 2.45) is 7.05 Å². The summed E-state index contributed by atoms with van der Waals surface area (Å²) in [5, 5.41) is 15.8. The maximum atomic E-state index is 13.8. The molecule has 0 saturated carbocycles. The predicted octanol–water partition coefficient (Wildman–Crippen LogP) is 5.46. The van der Waals surface area contributed by atoms with Crippen LogP contribution in [0.5, 0.6) is 0 Å². The molecule has 35 heavy (non-hydrogen) atoms. The van der Waals surface area contributed by atoms with E-state index in [1.807, 2.05) is 0 Å². The second-order valence-corrected chi connectivity index (χ2v) is 8.08. The van der Waals surface area contributed by atoms with Crippen LogP contribution in [0.4, 0.5) is 22.0 Å². The highest BCUT2D eigenvalue weighted by Crippen LogP contribution is 2.31. The highest BCUT2D eigenvalue weighted by atomic mass is 19.4. The summed E-state index contributed by atoms with van der Waals surface area (Å²) >= 11 is 0. The lowest BCUT2D eigenvalue weighted by Gasteiger charge is -2.17. The normalized spacial score (nSPS) is 12.6. The van der Waals surface area contributed by atoms with Crippen molar-refractivity contribution in [2.45, 2.75) is 38.9 Å². The third-order valence-electron chi connectivity index (χ3n) is 5.55. The van der Waals surface area contributed by atoms with E-state index in [2.05, 4.69) is 10.4 Å². The molecule has 0 fully saturated rings. The minimum Gasteiger partial charge on any atom is -0.478 e. The van der Waals surface area contributed by atoms with Crippen molar-refractivity contribution in [1.29, 1.82) is 0 Å². The molecule has 0 radical (unpaired) electrons. The van der Waals surface area contributed by atoms with Crippen LogP contribution < -0.4 is 5.32 Å². The Morgan fingerprint density at radius 3 is 2.40 bits per heavy atom. The van der Waals surface area contributed by atoms with E-state index >= 15 is 0 Å². The molecule has 0 bridgehead atoms. The van der Waals surface area contributed by atoms with E-state index in [0.29, 0.717) is 11.1 Å². The van der Waals surface area contributed by atoms with Gasteiger partial charge in [-0.1, -0.05) is 30.3 Å². The maximum Gasteiger partial charge on any atom is 0.416 e. The Kier molecular flexibility index (Phi) is 7.27. The van der Waals surface area contributed by atoms with Crippen LogP contribution >= 0.6 is 0 Å². The van der Waals surface area contributed by atoms with E-state index in [1.54, 1.807) is 19.9 Å². The first kappa shape index (κ1) is 25.9. The number of nitrogens with zero attached hydrogens (tertiary/aromatic N) is 2. The van der Waals surface area contributed by atoms with Crippen molar-refractivity contribution in [3.63, 3.8) is 0 Å². The van der Waals surface area contributed by atoms with Gasteiger partial charge in [0, 0.05) is 13.5 Å². The van der Waals surface area contributed by atoms with Gasteiger partial charge in [0.25, 0.3) is 12.3 Å². The summed E-state index contributed by atoms with van der Waals surface area (Å²) in [5.74, 6) is -1.98. The Labute approximate surface area is 197 Å². The molecule has 6 nitrogen and oxygen atoms in total. The zero-order valence-corrected chi connectivity index (χ0v) is 19.0. The first-order chi connectivity index (χ1) is 16.3. The average Bonchev–Trinajstić information content (AvgIpc) is 3.08. The second-order valence-electron chi connectivity index (χ2n) is 8.08. The second kappa shape index (κ2) is 9.85. The van der Waals surface area contributed by atoms with Crippen LogP contribution in [0.25, 0.3) is 0 Å². The molecule has 0 saturated heterocycles. The van der Waals surface area contributed by atoms with Gasteiger partial charge in [0.1, 0.15) is 5.69 Å². The average molecular weight is 495 g/mol. The first-order valence-electron chi connectivity index (χ1n) is 10.4. The Morgan fingerprint density at radius 1 is 1.14 bits per heavy atom. The number of amides is 1. The number of rotatable bonds is 7. The summed E-state index contributed by atoms with van der Waals surface area (Å²) in [5.41, 5.74) is -0.828. The number of benzene rings is 2. The lowest BCUT2D eigenvalue weighted by molar-refractivity contribution is -0.137. The quantitative estimate of drug-likeness (QED) is 0.426. The van der Waals surface area contributed by atoms with E-state index in [1.165, 1.54) is 31.3 Å². The van der Waals surface area contributed by atoms with Crippen LogP contribution in [0.3, 0.4) is 0 Å².